The molecular weight excluding hydrogens is 384 g/mol. The van der Waals surface area contributed by atoms with Gasteiger partial charge in [0.15, 0.2) is 9.84 Å². The van der Waals surface area contributed by atoms with Crippen molar-refractivity contribution in [3.63, 3.8) is 0 Å². The minimum Gasteiger partial charge on any atom is -0.496 e. The molecule has 154 valence electrons. The summed E-state index contributed by atoms with van der Waals surface area (Å²) in [6.07, 6.45) is 0. The summed E-state index contributed by atoms with van der Waals surface area (Å²) < 4.78 is 42.3. The molecule has 0 aromatic heterocycles. The topological polar surface area (TPSA) is 85.4 Å². The fourth-order valence-corrected chi connectivity index (χ4v) is 6.05. The summed E-state index contributed by atoms with van der Waals surface area (Å²) in [4.78, 5) is 16.5. The van der Waals surface area contributed by atoms with E-state index in [0.717, 1.165) is 13.1 Å². The Hall–Kier alpha value is -1.68. The third-order valence-electron chi connectivity index (χ3n) is 5.70. The number of hydrogen-bond acceptors (Lipinski definition) is 7. The smallest absolute Gasteiger partial charge is 0.257 e. The van der Waals surface area contributed by atoms with Gasteiger partial charge in [-0.1, -0.05) is 12.1 Å². The van der Waals surface area contributed by atoms with Gasteiger partial charge in [-0.05, 0) is 12.1 Å². The van der Waals surface area contributed by atoms with Crippen LogP contribution in [0.5, 0.6) is 5.75 Å². The normalized spacial score (nSPS) is 26.6. The van der Waals surface area contributed by atoms with Crippen LogP contribution < -0.4 is 4.74 Å². The lowest BCUT2D eigenvalue weighted by molar-refractivity contribution is -0.122. The van der Waals surface area contributed by atoms with E-state index in [0.29, 0.717) is 31.1 Å². The Morgan fingerprint density at radius 3 is 2.64 bits per heavy atom. The number of rotatable bonds is 4. The molecule has 3 heterocycles. The lowest BCUT2D eigenvalue weighted by Gasteiger charge is -2.52. The lowest BCUT2D eigenvalue weighted by atomic mass is 9.94. The zero-order valence-corrected chi connectivity index (χ0v) is 16.8. The van der Waals surface area contributed by atoms with E-state index >= 15 is 0 Å². The number of nitrogens with zero attached hydrogens (tertiary/aromatic N) is 2. The van der Waals surface area contributed by atoms with Crippen molar-refractivity contribution in [3.8, 4) is 5.75 Å². The number of likely N-dealkylation sites (tertiary alicyclic amines) is 1. The van der Waals surface area contributed by atoms with Gasteiger partial charge in [0.2, 0.25) is 0 Å². The molecule has 1 spiro atoms. The predicted molar refractivity (Wildman–Crippen MR) is 102 cm³/mol. The molecule has 8 nitrogen and oxygen atoms in total. The highest BCUT2D eigenvalue weighted by Crippen LogP contribution is 2.34. The van der Waals surface area contributed by atoms with E-state index in [4.69, 9.17) is 14.2 Å². The van der Waals surface area contributed by atoms with Crippen LogP contribution >= 0.6 is 0 Å². The van der Waals surface area contributed by atoms with Crippen molar-refractivity contribution in [1.82, 2.24) is 9.80 Å². The quantitative estimate of drug-likeness (QED) is 0.693. The molecule has 3 aliphatic rings. The molecule has 0 radical (unpaired) electrons. The van der Waals surface area contributed by atoms with Gasteiger partial charge in [0.05, 0.1) is 56.6 Å². The molecule has 0 aliphatic carbocycles. The maximum absolute atomic E-state index is 12.8. The molecule has 3 saturated heterocycles. The lowest BCUT2D eigenvalue weighted by Crippen LogP contribution is -2.71. The molecule has 1 amide bonds. The Kier molecular flexibility index (Phi) is 5.34. The van der Waals surface area contributed by atoms with Crippen LogP contribution in [0.25, 0.3) is 0 Å². The van der Waals surface area contributed by atoms with Crippen molar-refractivity contribution < 1.29 is 27.4 Å². The van der Waals surface area contributed by atoms with Crippen molar-refractivity contribution in [3.05, 3.63) is 29.8 Å². The van der Waals surface area contributed by atoms with Gasteiger partial charge in [-0.3, -0.25) is 9.69 Å². The first kappa shape index (κ1) is 19.6. The highest BCUT2D eigenvalue weighted by molar-refractivity contribution is 7.92. The Morgan fingerprint density at radius 1 is 1.25 bits per heavy atom. The van der Waals surface area contributed by atoms with Crippen LogP contribution in [-0.4, -0.2) is 100 Å². The van der Waals surface area contributed by atoms with Crippen LogP contribution in [0.3, 0.4) is 0 Å². The highest BCUT2D eigenvalue weighted by Gasteiger charge is 2.54. The van der Waals surface area contributed by atoms with Crippen molar-refractivity contribution in [2.75, 3.05) is 65.4 Å². The van der Waals surface area contributed by atoms with Crippen molar-refractivity contribution in [1.29, 1.82) is 0 Å². The van der Waals surface area contributed by atoms with Gasteiger partial charge in [0, 0.05) is 19.6 Å². The zero-order valence-electron chi connectivity index (χ0n) is 16.0. The Morgan fingerprint density at radius 2 is 1.96 bits per heavy atom. The summed E-state index contributed by atoms with van der Waals surface area (Å²) in [5, 5.41) is -0.518. The van der Waals surface area contributed by atoms with E-state index in [9.17, 15) is 13.2 Å². The monoisotopic (exact) mass is 410 g/mol. The van der Waals surface area contributed by atoms with E-state index in [1.807, 2.05) is 0 Å². The number of hydrogen-bond donors (Lipinski definition) is 0. The minimum atomic E-state index is -3.29. The molecular formula is C19H26N2O6S. The number of carbonyl (C=O) groups is 1. The van der Waals surface area contributed by atoms with Crippen LogP contribution in [0.4, 0.5) is 0 Å². The largest absolute Gasteiger partial charge is 0.496 e. The molecule has 1 aromatic rings. The summed E-state index contributed by atoms with van der Waals surface area (Å²) in [6, 6.07) is 7.03. The SMILES string of the molecule is COc1ccccc1C(=O)N1CC2(C1)CS(=O)(=O)[C@@H](CN1CCOCC1)CO2. The number of benzene rings is 1. The van der Waals surface area contributed by atoms with Crippen LogP contribution in [0, 0.1) is 0 Å². The van der Waals surface area contributed by atoms with Crippen LogP contribution in [0.15, 0.2) is 24.3 Å². The van der Waals surface area contributed by atoms with Gasteiger partial charge in [0.1, 0.15) is 11.4 Å². The number of amides is 1. The van der Waals surface area contributed by atoms with Gasteiger partial charge in [-0.15, -0.1) is 0 Å². The molecule has 3 fully saturated rings. The fourth-order valence-electron chi connectivity index (χ4n) is 4.10. The van der Waals surface area contributed by atoms with E-state index < -0.39 is 20.7 Å². The molecule has 0 saturated carbocycles. The number of ether oxygens (including phenoxy) is 3. The van der Waals surface area contributed by atoms with Crippen molar-refractivity contribution in [2.24, 2.45) is 0 Å². The number of carbonyl (C=O) groups excluding carboxylic acids is 1. The molecule has 28 heavy (non-hydrogen) atoms. The molecule has 0 N–H and O–H groups in total. The first-order chi connectivity index (χ1) is 13.4. The molecule has 0 unspecified atom stereocenters. The third kappa shape index (κ3) is 3.76. The number of sulfone groups is 1. The van der Waals surface area contributed by atoms with Crippen LogP contribution in [-0.2, 0) is 19.3 Å². The second-order valence-electron chi connectivity index (χ2n) is 7.70. The van der Waals surface area contributed by atoms with Crippen molar-refractivity contribution >= 4 is 15.7 Å². The summed E-state index contributed by atoms with van der Waals surface area (Å²) in [5.41, 5.74) is -0.304. The summed E-state index contributed by atoms with van der Waals surface area (Å²) >= 11 is 0. The average Bonchev–Trinajstić information content (AvgIpc) is 2.67. The van der Waals surface area contributed by atoms with Gasteiger partial charge in [-0.2, -0.15) is 0 Å². The van der Waals surface area contributed by atoms with E-state index in [-0.39, 0.29) is 31.4 Å². The maximum Gasteiger partial charge on any atom is 0.257 e. The minimum absolute atomic E-state index is 0.0370. The number of para-hydroxylation sites is 1. The van der Waals surface area contributed by atoms with Crippen LogP contribution in [0.2, 0.25) is 0 Å². The molecule has 0 bridgehead atoms. The average molecular weight is 410 g/mol. The third-order valence-corrected chi connectivity index (χ3v) is 7.93. The van der Waals surface area contributed by atoms with Gasteiger partial charge in [0.25, 0.3) is 5.91 Å². The second kappa shape index (κ2) is 7.62. The molecule has 3 aliphatic heterocycles. The summed E-state index contributed by atoms with van der Waals surface area (Å²) in [7, 11) is -1.77. The number of morpholine rings is 1. The standard InChI is InChI=1S/C19H26N2O6S/c1-25-17-5-3-2-4-16(17)18(22)21-12-19(13-21)14-28(23,24)15(11-27-19)10-20-6-8-26-9-7-20/h2-5,15H,6-14H2,1H3/t15-/m0/s1. The predicted octanol–water partition coefficient (Wildman–Crippen LogP) is 0.0356. The number of methoxy groups -OCH3 is 1. The zero-order chi connectivity index (χ0) is 19.8. The van der Waals surface area contributed by atoms with Gasteiger partial charge < -0.3 is 19.1 Å². The van der Waals surface area contributed by atoms with E-state index in [1.165, 1.54) is 7.11 Å². The van der Waals surface area contributed by atoms with E-state index in [1.54, 1.807) is 29.2 Å². The van der Waals surface area contributed by atoms with Gasteiger partial charge in [-0.25, -0.2) is 8.42 Å². The van der Waals surface area contributed by atoms with Crippen LogP contribution in [0.1, 0.15) is 10.4 Å². The second-order valence-corrected chi connectivity index (χ2v) is 9.98. The van der Waals surface area contributed by atoms with E-state index in [2.05, 4.69) is 4.90 Å². The Labute approximate surface area is 165 Å². The molecule has 1 atom stereocenters. The van der Waals surface area contributed by atoms with Crippen molar-refractivity contribution in [2.45, 2.75) is 10.9 Å². The molecule has 1 aromatic carbocycles. The summed E-state index contributed by atoms with van der Waals surface area (Å²) in [5.74, 6) is 0.306. The first-order valence-corrected chi connectivity index (χ1v) is 11.2. The first-order valence-electron chi connectivity index (χ1n) is 9.50. The Bertz CT molecular complexity index is 831. The molecule has 9 heteroatoms. The summed E-state index contributed by atoms with van der Waals surface area (Å²) in [6.45, 7) is 3.99. The molecule has 4 rings (SSSR count). The fraction of sp³-hybridized carbons (Fsp3) is 0.632. The Balaban J connectivity index is 1.37. The van der Waals surface area contributed by atoms with Gasteiger partial charge >= 0.3 is 0 Å². The highest BCUT2D eigenvalue weighted by atomic mass is 32.2. The maximum atomic E-state index is 12.8.